The molecule has 3 heteroatoms. The molecule has 3 rings (SSSR count). The second-order valence-electron chi connectivity index (χ2n) is 6.09. The van der Waals surface area contributed by atoms with Gasteiger partial charge in [-0.25, -0.2) is 4.99 Å². The Morgan fingerprint density at radius 2 is 1.84 bits per heavy atom. The van der Waals surface area contributed by atoms with Gasteiger partial charge >= 0.3 is 0 Å². The summed E-state index contributed by atoms with van der Waals surface area (Å²) in [7, 11) is 1.78. The standard InChI is InChI=1S/C22H23N3/c1-4-21(17-9-7-16(2)8-10-17)25-22(23-3)19-11-12-20-15-24-13-5-6-18(20)14-19/h4-5,7-14,24H,1,6,15H2,2-3H3. The van der Waals surface area contributed by atoms with Crippen molar-refractivity contribution in [3.8, 4) is 0 Å². The van der Waals surface area contributed by atoms with Crippen molar-refractivity contribution in [2.75, 3.05) is 7.05 Å². The first-order chi connectivity index (χ1) is 12.2. The van der Waals surface area contributed by atoms with Crippen molar-refractivity contribution in [1.82, 2.24) is 5.32 Å². The molecule has 0 saturated heterocycles. The second-order valence-corrected chi connectivity index (χ2v) is 6.09. The van der Waals surface area contributed by atoms with Gasteiger partial charge in [0.25, 0.3) is 0 Å². The van der Waals surface area contributed by atoms with Gasteiger partial charge in [-0.1, -0.05) is 54.6 Å². The molecule has 25 heavy (non-hydrogen) atoms. The summed E-state index contributed by atoms with van der Waals surface area (Å²) in [5.74, 6) is 0.722. The minimum absolute atomic E-state index is 0.722. The number of amidine groups is 1. The molecule has 2 aromatic carbocycles. The van der Waals surface area contributed by atoms with Crippen molar-refractivity contribution in [1.29, 1.82) is 0 Å². The second kappa shape index (κ2) is 7.75. The monoisotopic (exact) mass is 329 g/mol. The van der Waals surface area contributed by atoms with Crippen LogP contribution in [0.5, 0.6) is 0 Å². The van der Waals surface area contributed by atoms with Gasteiger partial charge in [-0.2, -0.15) is 0 Å². The van der Waals surface area contributed by atoms with E-state index in [0.717, 1.165) is 35.6 Å². The predicted octanol–water partition coefficient (Wildman–Crippen LogP) is 4.21. The Labute approximate surface area is 149 Å². The topological polar surface area (TPSA) is 36.8 Å². The number of hydrogen-bond donors (Lipinski definition) is 1. The third-order valence-corrected chi connectivity index (χ3v) is 4.31. The number of rotatable bonds is 3. The van der Waals surface area contributed by atoms with Gasteiger partial charge in [0.1, 0.15) is 0 Å². The zero-order valence-corrected chi connectivity index (χ0v) is 14.8. The normalized spacial score (nSPS) is 14.5. The summed E-state index contributed by atoms with van der Waals surface area (Å²) in [6.45, 7) is 6.85. The van der Waals surface area contributed by atoms with Gasteiger partial charge in [0, 0.05) is 24.7 Å². The molecule has 3 nitrogen and oxygen atoms in total. The number of aliphatic imine (C=N–C) groups is 2. The van der Waals surface area contributed by atoms with Crippen LogP contribution in [0.4, 0.5) is 0 Å². The minimum atomic E-state index is 0.722. The zero-order valence-electron chi connectivity index (χ0n) is 14.8. The number of nitrogens with zero attached hydrogens (tertiary/aromatic N) is 2. The van der Waals surface area contributed by atoms with Gasteiger partial charge < -0.3 is 5.32 Å². The van der Waals surface area contributed by atoms with Crippen LogP contribution in [-0.4, -0.2) is 18.6 Å². The van der Waals surface area contributed by atoms with E-state index in [1.54, 1.807) is 13.1 Å². The van der Waals surface area contributed by atoms with Crippen LogP contribution in [-0.2, 0) is 13.0 Å². The fourth-order valence-corrected chi connectivity index (χ4v) is 2.88. The zero-order chi connectivity index (χ0) is 17.6. The highest BCUT2D eigenvalue weighted by atomic mass is 14.9. The van der Waals surface area contributed by atoms with Crippen LogP contribution in [0.3, 0.4) is 0 Å². The van der Waals surface area contributed by atoms with E-state index >= 15 is 0 Å². The molecule has 0 fully saturated rings. The van der Waals surface area contributed by atoms with Crippen molar-refractivity contribution in [2.45, 2.75) is 19.9 Å². The maximum Gasteiger partial charge on any atom is 0.154 e. The Morgan fingerprint density at radius 1 is 1.08 bits per heavy atom. The van der Waals surface area contributed by atoms with Gasteiger partial charge in [0.05, 0.1) is 5.71 Å². The van der Waals surface area contributed by atoms with Crippen LogP contribution in [0.2, 0.25) is 0 Å². The van der Waals surface area contributed by atoms with Crippen LogP contribution < -0.4 is 5.32 Å². The fourth-order valence-electron chi connectivity index (χ4n) is 2.88. The lowest BCUT2D eigenvalue weighted by Crippen LogP contribution is -2.07. The molecule has 0 amide bonds. The highest BCUT2D eigenvalue weighted by molar-refractivity contribution is 6.16. The molecule has 0 spiro atoms. The molecule has 0 bridgehead atoms. The molecule has 1 N–H and O–H groups in total. The summed E-state index contributed by atoms with van der Waals surface area (Å²) in [4.78, 5) is 9.18. The quantitative estimate of drug-likeness (QED) is 0.665. The third kappa shape index (κ3) is 3.94. The molecule has 0 radical (unpaired) electrons. The van der Waals surface area contributed by atoms with Crippen molar-refractivity contribution in [3.63, 3.8) is 0 Å². The summed E-state index contributed by atoms with van der Waals surface area (Å²) in [6.07, 6.45) is 6.86. The molecule has 0 saturated carbocycles. The lowest BCUT2D eigenvalue weighted by molar-refractivity contribution is 0.873. The first-order valence-electron chi connectivity index (χ1n) is 8.47. The summed E-state index contributed by atoms with van der Waals surface area (Å²) < 4.78 is 0. The first-order valence-corrected chi connectivity index (χ1v) is 8.47. The summed E-state index contributed by atoms with van der Waals surface area (Å²) in [5.41, 5.74) is 6.76. The Morgan fingerprint density at radius 3 is 2.56 bits per heavy atom. The van der Waals surface area contributed by atoms with Gasteiger partial charge in [-0.3, -0.25) is 4.99 Å². The Kier molecular flexibility index (Phi) is 5.24. The van der Waals surface area contributed by atoms with Crippen LogP contribution in [0.25, 0.3) is 0 Å². The van der Waals surface area contributed by atoms with E-state index in [4.69, 9.17) is 4.99 Å². The first kappa shape index (κ1) is 16.9. The number of aryl methyl sites for hydroxylation is 1. The molecule has 1 aliphatic heterocycles. The van der Waals surface area contributed by atoms with Crippen LogP contribution in [0.1, 0.15) is 27.8 Å². The maximum atomic E-state index is 4.77. The van der Waals surface area contributed by atoms with E-state index in [1.807, 2.05) is 6.20 Å². The van der Waals surface area contributed by atoms with Gasteiger partial charge in [0.2, 0.25) is 0 Å². The van der Waals surface area contributed by atoms with Crippen LogP contribution >= 0.6 is 0 Å². The molecule has 0 unspecified atom stereocenters. The van der Waals surface area contributed by atoms with Crippen LogP contribution in [0.15, 0.2) is 77.4 Å². The van der Waals surface area contributed by atoms with Gasteiger partial charge in [-0.05, 0) is 42.8 Å². The average Bonchev–Trinajstić information content (AvgIpc) is 2.88. The van der Waals surface area contributed by atoms with E-state index in [0.29, 0.717) is 0 Å². The van der Waals surface area contributed by atoms with Crippen molar-refractivity contribution in [3.05, 3.63) is 95.2 Å². The number of fused-ring (bicyclic) bond motifs is 1. The molecule has 126 valence electrons. The average molecular weight is 329 g/mol. The Hall–Kier alpha value is -2.94. The molecule has 0 aliphatic carbocycles. The molecule has 2 aromatic rings. The van der Waals surface area contributed by atoms with E-state index < -0.39 is 0 Å². The van der Waals surface area contributed by atoms with Crippen LogP contribution in [0, 0.1) is 6.92 Å². The predicted molar refractivity (Wildman–Crippen MR) is 106 cm³/mol. The maximum absolute atomic E-state index is 4.77. The molecular formula is C22H23N3. The number of allylic oxidation sites excluding steroid dienone is 2. The van der Waals surface area contributed by atoms with E-state index in [2.05, 4.69) is 72.4 Å². The van der Waals surface area contributed by atoms with Crippen molar-refractivity contribution < 1.29 is 0 Å². The molecule has 0 aromatic heterocycles. The SMILES string of the molecule is C=CC(=NC(=NC)c1ccc2c(c1)CC=CNC2)c1ccc(C)cc1. The van der Waals surface area contributed by atoms with Crippen molar-refractivity contribution in [2.24, 2.45) is 9.98 Å². The number of nitrogens with one attached hydrogen (secondary N) is 1. The smallest absolute Gasteiger partial charge is 0.154 e. The summed E-state index contributed by atoms with van der Waals surface area (Å²) in [6, 6.07) is 14.7. The number of benzene rings is 2. The summed E-state index contributed by atoms with van der Waals surface area (Å²) >= 11 is 0. The third-order valence-electron chi connectivity index (χ3n) is 4.31. The molecule has 1 heterocycles. The van der Waals surface area contributed by atoms with E-state index in [-0.39, 0.29) is 0 Å². The highest BCUT2D eigenvalue weighted by Crippen LogP contribution is 2.17. The molecular weight excluding hydrogens is 306 g/mol. The van der Waals surface area contributed by atoms with E-state index in [1.165, 1.54) is 16.7 Å². The number of hydrogen-bond acceptors (Lipinski definition) is 2. The Bertz CT molecular complexity index is 855. The largest absolute Gasteiger partial charge is 0.387 e. The highest BCUT2D eigenvalue weighted by Gasteiger charge is 2.09. The molecule has 0 atom stereocenters. The van der Waals surface area contributed by atoms with E-state index in [9.17, 15) is 0 Å². The lowest BCUT2D eigenvalue weighted by Gasteiger charge is -2.10. The van der Waals surface area contributed by atoms with Crippen molar-refractivity contribution >= 4 is 11.5 Å². The van der Waals surface area contributed by atoms with Gasteiger partial charge in [-0.15, -0.1) is 0 Å². The Balaban J connectivity index is 1.96. The fraction of sp³-hybridized carbons (Fsp3) is 0.182. The minimum Gasteiger partial charge on any atom is -0.387 e. The lowest BCUT2D eigenvalue weighted by atomic mass is 10.0. The van der Waals surface area contributed by atoms with Gasteiger partial charge in [0.15, 0.2) is 5.84 Å². The molecule has 1 aliphatic rings. The summed E-state index contributed by atoms with van der Waals surface area (Å²) in [5, 5.41) is 3.28.